The van der Waals surface area contributed by atoms with Crippen molar-refractivity contribution in [2.45, 2.75) is 25.4 Å². The van der Waals surface area contributed by atoms with E-state index in [2.05, 4.69) is 15.9 Å². The van der Waals surface area contributed by atoms with Gasteiger partial charge >= 0.3 is 0 Å². The van der Waals surface area contributed by atoms with E-state index in [0.717, 1.165) is 0 Å². The van der Waals surface area contributed by atoms with Crippen molar-refractivity contribution in [1.29, 1.82) is 0 Å². The van der Waals surface area contributed by atoms with E-state index in [4.69, 9.17) is 0 Å². The second-order valence-corrected chi connectivity index (χ2v) is 5.77. The standard InChI is InChI=1S/C13H15BrFNO2/c1-13(18)4-6-16(7-5-13)12(17)10-3-2-9(15)8-11(10)14/h2-3,8,18H,4-7H2,1H3. The maximum absolute atomic E-state index is 13.0. The van der Waals surface area contributed by atoms with E-state index in [1.54, 1.807) is 11.8 Å². The molecule has 98 valence electrons. The number of carbonyl (C=O) groups excluding carboxylic acids is 1. The monoisotopic (exact) mass is 315 g/mol. The molecule has 1 aliphatic rings. The zero-order valence-electron chi connectivity index (χ0n) is 10.1. The van der Waals surface area contributed by atoms with Crippen LogP contribution in [0.4, 0.5) is 4.39 Å². The van der Waals surface area contributed by atoms with E-state index in [9.17, 15) is 14.3 Å². The van der Waals surface area contributed by atoms with Crippen LogP contribution >= 0.6 is 15.9 Å². The third kappa shape index (κ3) is 2.90. The molecule has 0 radical (unpaired) electrons. The maximum atomic E-state index is 13.0. The number of hydrogen-bond donors (Lipinski definition) is 1. The van der Waals surface area contributed by atoms with Gasteiger partial charge in [-0.1, -0.05) is 0 Å². The Labute approximate surface area is 114 Å². The Kier molecular flexibility index (Phi) is 3.73. The van der Waals surface area contributed by atoms with Crippen LogP contribution in [0.1, 0.15) is 30.1 Å². The van der Waals surface area contributed by atoms with Crippen LogP contribution in [0.15, 0.2) is 22.7 Å². The fourth-order valence-electron chi connectivity index (χ4n) is 2.02. The Morgan fingerprint density at radius 3 is 2.61 bits per heavy atom. The Bertz CT molecular complexity index is 466. The first-order valence-corrected chi connectivity index (χ1v) is 6.65. The van der Waals surface area contributed by atoms with Crippen LogP contribution in [0, 0.1) is 5.82 Å². The smallest absolute Gasteiger partial charge is 0.255 e. The summed E-state index contributed by atoms with van der Waals surface area (Å²) in [7, 11) is 0. The van der Waals surface area contributed by atoms with Crippen molar-refractivity contribution in [3.8, 4) is 0 Å². The molecule has 1 amide bonds. The third-order valence-electron chi connectivity index (χ3n) is 3.29. The summed E-state index contributed by atoms with van der Waals surface area (Å²) in [6.45, 7) is 2.83. The molecule has 0 spiro atoms. The second-order valence-electron chi connectivity index (χ2n) is 4.91. The molecule has 1 aromatic rings. The highest BCUT2D eigenvalue weighted by Crippen LogP contribution is 2.25. The molecule has 1 aliphatic heterocycles. The van der Waals surface area contributed by atoms with Gasteiger partial charge in [-0.3, -0.25) is 4.79 Å². The van der Waals surface area contributed by atoms with E-state index in [-0.39, 0.29) is 11.7 Å². The number of piperidine rings is 1. The minimum Gasteiger partial charge on any atom is -0.390 e. The number of hydrogen-bond acceptors (Lipinski definition) is 2. The predicted molar refractivity (Wildman–Crippen MR) is 69.9 cm³/mol. The molecule has 1 aromatic carbocycles. The molecule has 0 aliphatic carbocycles. The van der Waals surface area contributed by atoms with Crippen molar-refractivity contribution in [2.75, 3.05) is 13.1 Å². The third-order valence-corrected chi connectivity index (χ3v) is 3.95. The molecule has 1 fully saturated rings. The molecule has 18 heavy (non-hydrogen) atoms. The fraction of sp³-hybridized carbons (Fsp3) is 0.462. The van der Waals surface area contributed by atoms with E-state index in [1.807, 2.05) is 0 Å². The van der Waals surface area contributed by atoms with Crippen LogP contribution in [0.5, 0.6) is 0 Å². The fourth-order valence-corrected chi connectivity index (χ4v) is 2.55. The summed E-state index contributed by atoms with van der Waals surface area (Å²) in [6, 6.07) is 4.04. The van der Waals surface area contributed by atoms with E-state index in [1.165, 1.54) is 18.2 Å². The van der Waals surface area contributed by atoms with Crippen LogP contribution in [-0.4, -0.2) is 34.6 Å². The summed E-state index contributed by atoms with van der Waals surface area (Å²) < 4.78 is 13.4. The molecule has 1 saturated heterocycles. The number of carbonyl (C=O) groups is 1. The number of halogens is 2. The highest BCUT2D eigenvalue weighted by atomic mass is 79.9. The van der Waals surface area contributed by atoms with Gasteiger partial charge in [0, 0.05) is 17.6 Å². The SMILES string of the molecule is CC1(O)CCN(C(=O)c2ccc(F)cc2Br)CC1. The molecule has 5 heteroatoms. The van der Waals surface area contributed by atoms with Gasteiger partial charge in [0.15, 0.2) is 0 Å². The number of aliphatic hydroxyl groups is 1. The average Bonchev–Trinajstić information content (AvgIpc) is 2.28. The highest BCUT2D eigenvalue weighted by molar-refractivity contribution is 9.10. The molecule has 0 saturated carbocycles. The summed E-state index contributed by atoms with van der Waals surface area (Å²) in [5.74, 6) is -0.502. The molecule has 0 atom stereocenters. The van der Waals surface area contributed by atoms with Gasteiger partial charge in [0.05, 0.1) is 11.2 Å². The lowest BCUT2D eigenvalue weighted by atomic mass is 9.93. The first-order valence-electron chi connectivity index (χ1n) is 5.86. The first-order chi connectivity index (χ1) is 8.39. The van der Waals surface area contributed by atoms with Crippen LogP contribution in [0.2, 0.25) is 0 Å². The maximum Gasteiger partial charge on any atom is 0.255 e. The topological polar surface area (TPSA) is 40.5 Å². The largest absolute Gasteiger partial charge is 0.390 e. The molecule has 3 nitrogen and oxygen atoms in total. The van der Waals surface area contributed by atoms with Gasteiger partial charge < -0.3 is 10.0 Å². The lowest BCUT2D eigenvalue weighted by Gasteiger charge is -2.35. The average molecular weight is 316 g/mol. The summed E-state index contributed by atoms with van der Waals surface area (Å²) in [6.07, 6.45) is 1.13. The zero-order valence-corrected chi connectivity index (χ0v) is 11.7. The van der Waals surface area contributed by atoms with E-state index < -0.39 is 5.60 Å². The van der Waals surface area contributed by atoms with Gasteiger partial charge in [0.25, 0.3) is 5.91 Å². The van der Waals surface area contributed by atoms with Crippen LogP contribution in [0.25, 0.3) is 0 Å². The molecule has 0 unspecified atom stereocenters. The molecular formula is C13H15BrFNO2. The minimum atomic E-state index is -0.684. The van der Waals surface area contributed by atoms with Gasteiger partial charge in [-0.25, -0.2) is 4.39 Å². The normalized spacial score (nSPS) is 18.8. The lowest BCUT2D eigenvalue weighted by molar-refractivity contribution is -0.00204. The van der Waals surface area contributed by atoms with Crippen molar-refractivity contribution in [3.05, 3.63) is 34.1 Å². The molecule has 1 N–H and O–H groups in total. The Balaban J connectivity index is 2.13. The summed E-state index contributed by atoms with van der Waals surface area (Å²) in [5, 5.41) is 9.84. The minimum absolute atomic E-state index is 0.127. The van der Waals surface area contributed by atoms with Gasteiger partial charge in [-0.05, 0) is 53.9 Å². The van der Waals surface area contributed by atoms with Crippen molar-refractivity contribution < 1.29 is 14.3 Å². The summed E-state index contributed by atoms with van der Waals surface area (Å²) in [5.41, 5.74) is -0.227. The number of amides is 1. The molecule has 0 bridgehead atoms. The van der Waals surface area contributed by atoms with Crippen molar-refractivity contribution in [3.63, 3.8) is 0 Å². The van der Waals surface area contributed by atoms with Crippen molar-refractivity contribution >= 4 is 21.8 Å². The van der Waals surface area contributed by atoms with Crippen molar-refractivity contribution in [2.24, 2.45) is 0 Å². The van der Waals surface area contributed by atoms with Gasteiger partial charge in [-0.15, -0.1) is 0 Å². The molecular weight excluding hydrogens is 301 g/mol. The number of nitrogens with zero attached hydrogens (tertiary/aromatic N) is 1. The number of likely N-dealkylation sites (tertiary alicyclic amines) is 1. The van der Waals surface area contributed by atoms with Crippen molar-refractivity contribution in [1.82, 2.24) is 4.90 Å². The molecule has 1 heterocycles. The first kappa shape index (κ1) is 13.5. The molecule has 0 aromatic heterocycles. The van der Waals surface area contributed by atoms with Gasteiger partial charge in [0.2, 0.25) is 0 Å². The Hall–Kier alpha value is -0.940. The zero-order chi connectivity index (χ0) is 13.3. The second kappa shape index (κ2) is 4.97. The Morgan fingerprint density at radius 2 is 2.06 bits per heavy atom. The number of rotatable bonds is 1. The van der Waals surface area contributed by atoms with Gasteiger partial charge in [-0.2, -0.15) is 0 Å². The van der Waals surface area contributed by atoms with Gasteiger partial charge in [0.1, 0.15) is 5.82 Å². The number of benzene rings is 1. The van der Waals surface area contributed by atoms with Crippen LogP contribution in [0.3, 0.4) is 0 Å². The molecule has 2 rings (SSSR count). The van der Waals surface area contributed by atoms with E-state index in [0.29, 0.717) is 36.0 Å². The van der Waals surface area contributed by atoms with Crippen LogP contribution in [-0.2, 0) is 0 Å². The Morgan fingerprint density at radius 1 is 1.44 bits per heavy atom. The highest BCUT2D eigenvalue weighted by Gasteiger charge is 2.30. The predicted octanol–water partition coefficient (Wildman–Crippen LogP) is 2.58. The van der Waals surface area contributed by atoms with E-state index >= 15 is 0 Å². The summed E-state index contributed by atoms with van der Waals surface area (Å²) in [4.78, 5) is 13.9. The lowest BCUT2D eigenvalue weighted by Crippen LogP contribution is -2.45. The van der Waals surface area contributed by atoms with Crippen LogP contribution < -0.4 is 0 Å². The summed E-state index contributed by atoms with van der Waals surface area (Å²) >= 11 is 3.20. The quantitative estimate of drug-likeness (QED) is 0.865.